The third-order valence-corrected chi connectivity index (χ3v) is 3.56. The maximum Gasteiger partial charge on any atom is 0.320 e. The highest BCUT2D eigenvalue weighted by molar-refractivity contribution is 5.73. The molecular formula is C12H24N2O2. The molecule has 0 spiro atoms. The lowest BCUT2D eigenvalue weighted by atomic mass is 9.95. The number of nitrogens with one attached hydrogen (secondary N) is 1. The van der Waals surface area contributed by atoms with Gasteiger partial charge in [-0.05, 0) is 38.8 Å². The Morgan fingerprint density at radius 1 is 1.62 bits per heavy atom. The van der Waals surface area contributed by atoms with Crippen LogP contribution in [0.25, 0.3) is 0 Å². The van der Waals surface area contributed by atoms with Crippen LogP contribution in [0.15, 0.2) is 0 Å². The van der Waals surface area contributed by atoms with E-state index in [2.05, 4.69) is 17.1 Å². The number of hydrogen-bond donors (Lipinski definition) is 2. The number of aliphatic carboxylic acids is 1. The van der Waals surface area contributed by atoms with Gasteiger partial charge >= 0.3 is 5.97 Å². The van der Waals surface area contributed by atoms with Crippen molar-refractivity contribution >= 4 is 5.97 Å². The van der Waals surface area contributed by atoms with Crippen LogP contribution >= 0.6 is 0 Å². The molecule has 1 saturated heterocycles. The first-order chi connectivity index (χ1) is 7.67. The molecule has 1 heterocycles. The summed E-state index contributed by atoms with van der Waals surface area (Å²) in [6, 6.07) is -0.401. The number of carboxylic acid groups (broad SMARTS) is 1. The van der Waals surface area contributed by atoms with Gasteiger partial charge in [0.15, 0.2) is 0 Å². The molecule has 16 heavy (non-hydrogen) atoms. The summed E-state index contributed by atoms with van der Waals surface area (Å²) in [6.07, 6.45) is 4.53. The van der Waals surface area contributed by atoms with Crippen molar-refractivity contribution < 1.29 is 9.90 Å². The van der Waals surface area contributed by atoms with E-state index in [1.54, 1.807) is 7.05 Å². The van der Waals surface area contributed by atoms with Gasteiger partial charge in [-0.1, -0.05) is 13.3 Å². The van der Waals surface area contributed by atoms with Gasteiger partial charge in [-0.3, -0.25) is 4.79 Å². The van der Waals surface area contributed by atoms with Crippen molar-refractivity contribution in [2.24, 2.45) is 5.92 Å². The largest absolute Gasteiger partial charge is 0.480 e. The van der Waals surface area contributed by atoms with Gasteiger partial charge < -0.3 is 15.3 Å². The molecular weight excluding hydrogens is 204 g/mol. The van der Waals surface area contributed by atoms with Gasteiger partial charge in [0.2, 0.25) is 0 Å². The quantitative estimate of drug-likeness (QED) is 0.716. The van der Waals surface area contributed by atoms with Gasteiger partial charge in [0.1, 0.15) is 6.04 Å². The van der Waals surface area contributed by atoms with Crippen LogP contribution in [0.1, 0.15) is 32.6 Å². The maximum absolute atomic E-state index is 10.8. The van der Waals surface area contributed by atoms with Crippen LogP contribution in [0.5, 0.6) is 0 Å². The number of likely N-dealkylation sites (N-methyl/N-ethyl adjacent to an activating group) is 1. The van der Waals surface area contributed by atoms with Gasteiger partial charge in [-0.25, -0.2) is 0 Å². The first-order valence-electron chi connectivity index (χ1n) is 6.29. The summed E-state index contributed by atoms with van der Waals surface area (Å²) < 4.78 is 0. The second kappa shape index (κ2) is 6.86. The highest BCUT2D eigenvalue weighted by atomic mass is 16.4. The van der Waals surface area contributed by atoms with E-state index < -0.39 is 12.0 Å². The molecule has 4 nitrogen and oxygen atoms in total. The zero-order valence-electron chi connectivity index (χ0n) is 10.4. The minimum atomic E-state index is -0.744. The molecule has 0 amide bonds. The Labute approximate surface area is 98.0 Å². The molecule has 4 heteroatoms. The monoisotopic (exact) mass is 228 g/mol. The van der Waals surface area contributed by atoms with Crippen molar-refractivity contribution in [3.05, 3.63) is 0 Å². The molecule has 94 valence electrons. The summed E-state index contributed by atoms with van der Waals surface area (Å²) in [5, 5.41) is 11.8. The molecule has 1 aliphatic heterocycles. The number of piperidine rings is 1. The third-order valence-electron chi connectivity index (χ3n) is 3.56. The molecule has 1 fully saturated rings. The highest BCUT2D eigenvalue weighted by Gasteiger charge is 2.21. The van der Waals surface area contributed by atoms with Crippen LogP contribution in [-0.2, 0) is 4.79 Å². The van der Waals surface area contributed by atoms with Crippen LogP contribution < -0.4 is 5.32 Å². The molecule has 0 aromatic rings. The van der Waals surface area contributed by atoms with Gasteiger partial charge in [0, 0.05) is 13.1 Å². The maximum atomic E-state index is 10.8. The van der Waals surface area contributed by atoms with Crippen LogP contribution in [0.4, 0.5) is 0 Å². The summed E-state index contributed by atoms with van der Waals surface area (Å²) in [7, 11) is 1.71. The molecule has 0 saturated carbocycles. The van der Waals surface area contributed by atoms with Crippen molar-refractivity contribution in [1.82, 2.24) is 10.2 Å². The number of carbonyl (C=O) groups is 1. The van der Waals surface area contributed by atoms with Crippen LogP contribution in [0.2, 0.25) is 0 Å². The van der Waals surface area contributed by atoms with Crippen molar-refractivity contribution in [2.75, 3.05) is 26.7 Å². The Kier molecular flexibility index (Phi) is 5.77. The summed E-state index contributed by atoms with van der Waals surface area (Å²) in [5.41, 5.74) is 0. The summed E-state index contributed by atoms with van der Waals surface area (Å²) in [6.45, 7) is 5.41. The summed E-state index contributed by atoms with van der Waals surface area (Å²) in [5.74, 6) is 0.0677. The van der Waals surface area contributed by atoms with Gasteiger partial charge in [-0.2, -0.15) is 0 Å². The second-order valence-electron chi connectivity index (χ2n) is 4.69. The topological polar surface area (TPSA) is 52.6 Å². The van der Waals surface area contributed by atoms with E-state index in [1.165, 1.54) is 19.3 Å². The van der Waals surface area contributed by atoms with E-state index in [4.69, 9.17) is 5.11 Å². The predicted octanol–water partition coefficient (Wildman–Crippen LogP) is 1.17. The lowest BCUT2D eigenvalue weighted by molar-refractivity contribution is -0.139. The first-order valence-corrected chi connectivity index (χ1v) is 6.29. The molecule has 1 rings (SSSR count). The number of hydrogen-bond acceptors (Lipinski definition) is 3. The Bertz CT molecular complexity index is 221. The van der Waals surface area contributed by atoms with Crippen LogP contribution in [0, 0.1) is 5.92 Å². The Morgan fingerprint density at radius 3 is 2.94 bits per heavy atom. The van der Waals surface area contributed by atoms with Gasteiger partial charge in [0.25, 0.3) is 0 Å². The predicted molar refractivity (Wildman–Crippen MR) is 64.6 cm³/mol. The Hall–Kier alpha value is -0.610. The van der Waals surface area contributed by atoms with E-state index in [-0.39, 0.29) is 0 Å². The lowest BCUT2D eigenvalue weighted by Crippen LogP contribution is -2.41. The molecule has 0 radical (unpaired) electrons. The second-order valence-corrected chi connectivity index (χ2v) is 4.69. The van der Waals surface area contributed by atoms with Crippen molar-refractivity contribution in [3.63, 3.8) is 0 Å². The van der Waals surface area contributed by atoms with E-state index in [9.17, 15) is 4.79 Å². The van der Waals surface area contributed by atoms with E-state index in [0.29, 0.717) is 6.42 Å². The molecule has 0 aliphatic carbocycles. The van der Waals surface area contributed by atoms with Crippen LogP contribution in [-0.4, -0.2) is 48.7 Å². The fraction of sp³-hybridized carbons (Fsp3) is 0.917. The third kappa shape index (κ3) is 4.10. The van der Waals surface area contributed by atoms with Crippen LogP contribution in [0.3, 0.4) is 0 Å². The molecule has 0 aromatic carbocycles. The highest BCUT2D eigenvalue weighted by Crippen LogP contribution is 2.19. The molecule has 2 atom stereocenters. The van der Waals surface area contributed by atoms with Crippen molar-refractivity contribution in [2.45, 2.75) is 38.6 Å². The first kappa shape index (κ1) is 13.5. The molecule has 0 bridgehead atoms. The number of carboxylic acids is 1. The minimum absolute atomic E-state index is 0.401. The van der Waals surface area contributed by atoms with Crippen molar-refractivity contribution in [3.8, 4) is 0 Å². The number of rotatable bonds is 6. The van der Waals surface area contributed by atoms with E-state index >= 15 is 0 Å². The Balaban J connectivity index is 2.28. The van der Waals surface area contributed by atoms with Gasteiger partial charge in [-0.15, -0.1) is 0 Å². The fourth-order valence-electron chi connectivity index (χ4n) is 2.39. The van der Waals surface area contributed by atoms with E-state index in [0.717, 1.165) is 25.6 Å². The molecule has 2 unspecified atom stereocenters. The average molecular weight is 228 g/mol. The fourth-order valence-corrected chi connectivity index (χ4v) is 2.39. The molecule has 0 aromatic heterocycles. The molecule has 2 N–H and O–H groups in total. The van der Waals surface area contributed by atoms with Gasteiger partial charge in [0.05, 0.1) is 0 Å². The average Bonchev–Trinajstić information content (AvgIpc) is 2.29. The molecule has 1 aliphatic rings. The SMILES string of the molecule is CCC1CCCN(CCC(NC)C(=O)O)C1. The smallest absolute Gasteiger partial charge is 0.320 e. The number of nitrogens with zero attached hydrogens (tertiary/aromatic N) is 1. The van der Waals surface area contributed by atoms with E-state index in [1.807, 2.05) is 0 Å². The zero-order chi connectivity index (χ0) is 12.0. The Morgan fingerprint density at radius 2 is 2.38 bits per heavy atom. The lowest BCUT2D eigenvalue weighted by Gasteiger charge is -2.32. The summed E-state index contributed by atoms with van der Waals surface area (Å²) >= 11 is 0. The standard InChI is InChI=1S/C12H24N2O2/c1-3-10-5-4-7-14(9-10)8-6-11(13-2)12(15)16/h10-11,13H,3-9H2,1-2H3,(H,15,16). The minimum Gasteiger partial charge on any atom is -0.480 e. The zero-order valence-corrected chi connectivity index (χ0v) is 10.4. The number of likely N-dealkylation sites (tertiary alicyclic amines) is 1. The van der Waals surface area contributed by atoms with Crippen molar-refractivity contribution in [1.29, 1.82) is 0 Å². The normalized spacial score (nSPS) is 24.2. The summed E-state index contributed by atoms with van der Waals surface area (Å²) in [4.78, 5) is 13.3.